The van der Waals surface area contributed by atoms with E-state index >= 15 is 0 Å². The van der Waals surface area contributed by atoms with Crippen LogP contribution in [0.5, 0.6) is 0 Å². The molecule has 0 saturated heterocycles. The number of fused-ring (bicyclic) bond motifs is 5. The number of ether oxygens (including phenoxy) is 1. The van der Waals surface area contributed by atoms with Crippen molar-refractivity contribution in [3.05, 3.63) is 35.5 Å². The quantitative estimate of drug-likeness (QED) is 0.322. The lowest BCUT2D eigenvalue weighted by atomic mass is 9.48. The Morgan fingerprint density at radius 3 is 2.50 bits per heavy atom. The average molecular weight is 439 g/mol. The van der Waals surface area contributed by atoms with E-state index in [4.69, 9.17) is 4.74 Å². The third-order valence-corrected chi connectivity index (χ3v) is 10.3. The highest BCUT2D eigenvalue weighted by Crippen LogP contribution is 2.65. The maximum Gasteiger partial charge on any atom is 0.302 e. The first kappa shape index (κ1) is 23.8. The maximum atomic E-state index is 11.5. The molecule has 8 atom stereocenters. The van der Waals surface area contributed by atoms with Gasteiger partial charge in [-0.3, -0.25) is 4.79 Å². The summed E-state index contributed by atoms with van der Waals surface area (Å²) in [6.07, 6.45) is 18.6. The molecule has 2 nitrogen and oxygen atoms in total. The zero-order valence-corrected chi connectivity index (χ0v) is 21.6. The van der Waals surface area contributed by atoms with Crippen molar-refractivity contribution >= 4 is 5.97 Å². The molecule has 0 spiro atoms. The van der Waals surface area contributed by atoms with Gasteiger partial charge >= 0.3 is 5.97 Å². The monoisotopic (exact) mass is 438 g/mol. The molecule has 0 amide bonds. The second-order valence-electron chi connectivity index (χ2n) is 12.4. The van der Waals surface area contributed by atoms with Crippen LogP contribution in [0, 0.1) is 46.3 Å². The van der Waals surface area contributed by atoms with E-state index in [-0.39, 0.29) is 12.1 Å². The molecule has 4 aliphatic rings. The molecule has 0 bridgehead atoms. The Labute approximate surface area is 197 Å². The summed E-state index contributed by atoms with van der Waals surface area (Å²) >= 11 is 0. The molecule has 4 aliphatic carbocycles. The Morgan fingerprint density at radius 1 is 1.06 bits per heavy atom. The lowest BCUT2D eigenvalue weighted by Crippen LogP contribution is -2.48. The molecule has 0 aromatic rings. The van der Waals surface area contributed by atoms with Gasteiger partial charge in [-0.2, -0.15) is 0 Å². The normalized spacial score (nSPS) is 40.8. The van der Waals surface area contributed by atoms with Gasteiger partial charge in [-0.1, -0.05) is 65.8 Å². The highest BCUT2D eigenvalue weighted by Gasteiger charge is 2.55. The van der Waals surface area contributed by atoms with Crippen molar-refractivity contribution in [1.82, 2.24) is 0 Å². The van der Waals surface area contributed by atoms with Crippen LogP contribution in [-0.2, 0) is 9.53 Å². The molecule has 1 unspecified atom stereocenters. The van der Waals surface area contributed by atoms with Gasteiger partial charge in [0.05, 0.1) is 0 Å². The van der Waals surface area contributed by atoms with Crippen LogP contribution in [0.4, 0.5) is 0 Å². The first-order valence-corrected chi connectivity index (χ1v) is 13.3. The third-order valence-electron chi connectivity index (χ3n) is 10.3. The van der Waals surface area contributed by atoms with Gasteiger partial charge in [0, 0.05) is 6.92 Å². The molecule has 32 heavy (non-hydrogen) atoms. The van der Waals surface area contributed by atoms with E-state index in [1.165, 1.54) is 25.7 Å². The number of allylic oxidation sites excluding steroid dienone is 6. The van der Waals surface area contributed by atoms with E-state index in [0.717, 1.165) is 25.2 Å². The Morgan fingerprint density at radius 2 is 1.81 bits per heavy atom. The first-order chi connectivity index (χ1) is 15.1. The molecule has 2 saturated carbocycles. The number of rotatable bonds is 5. The van der Waals surface area contributed by atoms with Crippen LogP contribution >= 0.6 is 0 Å². The zero-order chi connectivity index (χ0) is 23.3. The predicted molar refractivity (Wildman–Crippen MR) is 133 cm³/mol. The van der Waals surface area contributed by atoms with Gasteiger partial charge < -0.3 is 4.74 Å². The summed E-state index contributed by atoms with van der Waals surface area (Å²) in [6, 6.07) is 0. The number of esters is 1. The highest BCUT2D eigenvalue weighted by atomic mass is 16.5. The molecule has 2 heteroatoms. The molecular weight excluding hydrogens is 392 g/mol. The van der Waals surface area contributed by atoms with Crippen molar-refractivity contribution in [2.75, 3.05) is 0 Å². The zero-order valence-electron chi connectivity index (χ0n) is 21.6. The molecule has 2 fully saturated rings. The van der Waals surface area contributed by atoms with Crippen LogP contribution in [0.1, 0.15) is 93.4 Å². The molecule has 4 rings (SSSR count). The van der Waals surface area contributed by atoms with Crippen LogP contribution in [0.3, 0.4) is 0 Å². The third kappa shape index (κ3) is 4.05. The van der Waals surface area contributed by atoms with Crippen molar-refractivity contribution in [2.45, 2.75) is 99.5 Å². The number of carbonyl (C=O) groups is 1. The minimum Gasteiger partial charge on any atom is -0.463 e. The fourth-order valence-corrected chi connectivity index (χ4v) is 7.75. The summed E-state index contributed by atoms with van der Waals surface area (Å²) in [7, 11) is 0. The highest BCUT2D eigenvalue weighted by molar-refractivity contribution is 5.66. The van der Waals surface area contributed by atoms with E-state index in [2.05, 4.69) is 65.8 Å². The lowest BCUT2D eigenvalue weighted by molar-refractivity contribution is -0.151. The average Bonchev–Trinajstić information content (AvgIpc) is 3.08. The van der Waals surface area contributed by atoms with E-state index in [9.17, 15) is 4.79 Å². The maximum absolute atomic E-state index is 11.5. The summed E-state index contributed by atoms with van der Waals surface area (Å²) in [5.41, 5.74) is 4.07. The second kappa shape index (κ2) is 8.80. The van der Waals surface area contributed by atoms with Crippen LogP contribution in [0.15, 0.2) is 35.5 Å². The molecular formula is C30H46O2. The summed E-state index contributed by atoms with van der Waals surface area (Å²) in [5, 5.41) is 0. The molecule has 0 aliphatic heterocycles. The van der Waals surface area contributed by atoms with Crippen molar-refractivity contribution in [1.29, 1.82) is 0 Å². The number of carbonyl (C=O) groups excluding carboxylic acids is 1. The van der Waals surface area contributed by atoms with Gasteiger partial charge in [-0.25, -0.2) is 0 Å². The summed E-state index contributed by atoms with van der Waals surface area (Å²) in [4.78, 5) is 11.5. The summed E-state index contributed by atoms with van der Waals surface area (Å²) < 4.78 is 5.62. The molecule has 0 aromatic carbocycles. The number of hydrogen-bond donors (Lipinski definition) is 0. The van der Waals surface area contributed by atoms with Crippen molar-refractivity contribution in [3.63, 3.8) is 0 Å². The summed E-state index contributed by atoms with van der Waals surface area (Å²) in [6.45, 7) is 16.1. The van der Waals surface area contributed by atoms with Crippen molar-refractivity contribution in [3.8, 4) is 0 Å². The first-order valence-electron chi connectivity index (χ1n) is 13.3. The van der Waals surface area contributed by atoms with E-state index < -0.39 is 0 Å². The topological polar surface area (TPSA) is 26.3 Å². The Bertz CT molecular complexity index is 817. The Kier molecular flexibility index (Phi) is 6.56. The lowest BCUT2D eigenvalue weighted by Gasteiger charge is -2.56. The SMILES string of the molecule is CC(=O)O[C@H]1CC[C@@]2(C)[C@H](CC=C3C4=CC[C@H]([C@H](C)C=CC(C)C(C)C)[C@@]4(C)CC[C@@H]32)C1. The van der Waals surface area contributed by atoms with Gasteiger partial charge in [0.15, 0.2) is 0 Å². The molecule has 0 radical (unpaired) electrons. The molecule has 0 heterocycles. The summed E-state index contributed by atoms with van der Waals surface area (Å²) in [5.74, 6) is 3.92. The Balaban J connectivity index is 1.52. The van der Waals surface area contributed by atoms with Gasteiger partial charge in [-0.05, 0) is 102 Å². The van der Waals surface area contributed by atoms with Crippen LogP contribution < -0.4 is 0 Å². The van der Waals surface area contributed by atoms with E-state index in [1.807, 2.05) is 0 Å². The molecule has 0 N–H and O–H groups in total. The van der Waals surface area contributed by atoms with Crippen molar-refractivity contribution < 1.29 is 9.53 Å². The number of hydrogen-bond acceptors (Lipinski definition) is 2. The second-order valence-corrected chi connectivity index (χ2v) is 12.4. The van der Waals surface area contributed by atoms with Gasteiger partial charge in [0.1, 0.15) is 6.10 Å². The van der Waals surface area contributed by atoms with Crippen LogP contribution in [-0.4, -0.2) is 12.1 Å². The minimum atomic E-state index is -0.118. The van der Waals surface area contributed by atoms with Crippen LogP contribution in [0.25, 0.3) is 0 Å². The fourth-order valence-electron chi connectivity index (χ4n) is 7.75. The molecule has 0 aromatic heterocycles. The van der Waals surface area contributed by atoms with E-state index in [0.29, 0.717) is 40.4 Å². The predicted octanol–water partition coefficient (Wildman–Crippen LogP) is 7.90. The van der Waals surface area contributed by atoms with E-state index in [1.54, 1.807) is 18.1 Å². The van der Waals surface area contributed by atoms with Gasteiger partial charge in [0.2, 0.25) is 0 Å². The largest absolute Gasteiger partial charge is 0.463 e. The minimum absolute atomic E-state index is 0.118. The Hall–Kier alpha value is -1.31. The van der Waals surface area contributed by atoms with Crippen molar-refractivity contribution in [2.24, 2.45) is 46.3 Å². The van der Waals surface area contributed by atoms with Gasteiger partial charge in [0.25, 0.3) is 0 Å². The smallest absolute Gasteiger partial charge is 0.302 e. The van der Waals surface area contributed by atoms with Crippen LogP contribution in [0.2, 0.25) is 0 Å². The van der Waals surface area contributed by atoms with Gasteiger partial charge in [-0.15, -0.1) is 0 Å². The fraction of sp³-hybridized carbons (Fsp3) is 0.767. The molecule has 178 valence electrons. The standard InChI is InChI=1S/C30H46O2/c1-19(2)20(3)8-9-21(4)26-12-13-27-25-11-10-23-18-24(32-22(5)31)14-16-29(23,6)28(25)15-17-30(26,27)7/h8-9,11,13,19-21,23-24,26,28H,10,12,14-18H2,1-7H3/t20?,21-,23-,24+,26-,28+,29+,30-/m1/s1.